The third-order valence-electron chi connectivity index (χ3n) is 9.95. The summed E-state index contributed by atoms with van der Waals surface area (Å²) in [5.74, 6) is 0.631. The number of carbonyl (C=O) groups is 1. The Morgan fingerprint density at radius 1 is 0.483 bits per heavy atom. The van der Waals surface area contributed by atoms with E-state index in [9.17, 15) is 9.90 Å². The van der Waals surface area contributed by atoms with Gasteiger partial charge >= 0.3 is 5.97 Å². The number of para-hydroxylation sites is 2. The van der Waals surface area contributed by atoms with Gasteiger partial charge in [0.2, 0.25) is 6.29 Å². The van der Waals surface area contributed by atoms with Crippen LogP contribution in [0.2, 0.25) is 0 Å². The van der Waals surface area contributed by atoms with E-state index in [1.165, 1.54) is 0 Å². The summed E-state index contributed by atoms with van der Waals surface area (Å²) in [6.07, 6.45) is -1.05. The van der Waals surface area contributed by atoms with E-state index in [0.29, 0.717) is 22.6 Å². The fraction of sp³-hybridized carbons (Fsp3) is 0.0577. The van der Waals surface area contributed by atoms with Gasteiger partial charge in [0.1, 0.15) is 11.5 Å². The molecule has 1 atom stereocenters. The van der Waals surface area contributed by atoms with Crippen LogP contribution in [0.3, 0.4) is 0 Å². The van der Waals surface area contributed by atoms with E-state index in [1.807, 2.05) is 72.8 Å². The van der Waals surface area contributed by atoms with Crippen LogP contribution in [-0.2, 0) is 4.79 Å². The number of fused-ring (bicyclic) bond motifs is 2. The van der Waals surface area contributed by atoms with Crippen molar-refractivity contribution in [3.63, 3.8) is 0 Å². The maximum absolute atomic E-state index is 12.1. The Morgan fingerprint density at radius 2 is 0.862 bits per heavy atom. The number of aliphatic hydroxyl groups is 1. The maximum atomic E-state index is 12.1. The zero-order chi connectivity index (χ0) is 40.2. The summed E-state index contributed by atoms with van der Waals surface area (Å²) in [7, 11) is 0. The molecule has 0 fully saturated rings. The summed E-state index contributed by atoms with van der Waals surface area (Å²) in [6, 6.07) is 62.0. The van der Waals surface area contributed by atoms with E-state index in [2.05, 4.69) is 132 Å². The Balaban J connectivity index is 1.07. The molecule has 0 aromatic heterocycles. The molecule has 0 spiro atoms. The summed E-state index contributed by atoms with van der Waals surface area (Å²) in [4.78, 5) is 16.6. The first-order valence-corrected chi connectivity index (χ1v) is 19.1. The molecular formula is C52H42N2O4. The van der Waals surface area contributed by atoms with Gasteiger partial charge in [-0.1, -0.05) is 98.1 Å². The normalized spacial score (nSPS) is 11.5. The molecule has 1 unspecified atom stereocenters. The van der Waals surface area contributed by atoms with E-state index < -0.39 is 12.3 Å². The number of benzene rings is 8. The third kappa shape index (κ3) is 8.10. The van der Waals surface area contributed by atoms with Crippen molar-refractivity contribution >= 4 is 61.6 Å². The van der Waals surface area contributed by atoms with Crippen LogP contribution in [0.5, 0.6) is 11.5 Å². The largest absolute Gasteiger partial charge is 0.461 e. The molecule has 0 aliphatic rings. The summed E-state index contributed by atoms with van der Waals surface area (Å²) in [5, 5.41) is 14.2. The highest BCUT2D eigenvalue weighted by Gasteiger charge is 2.16. The lowest BCUT2D eigenvalue weighted by Crippen LogP contribution is -2.15. The average molecular weight is 759 g/mol. The smallest absolute Gasteiger partial charge is 0.338 e. The molecule has 0 radical (unpaired) electrons. The Kier molecular flexibility index (Phi) is 10.6. The molecule has 58 heavy (non-hydrogen) atoms. The topological polar surface area (TPSA) is 62.2 Å². The van der Waals surface area contributed by atoms with Crippen LogP contribution in [0.1, 0.15) is 13.8 Å². The molecule has 0 aliphatic heterocycles. The number of hydrogen-bond donors (Lipinski definition) is 1. The molecule has 0 heterocycles. The Labute approximate surface area is 338 Å². The van der Waals surface area contributed by atoms with Crippen molar-refractivity contribution in [3.05, 3.63) is 206 Å². The van der Waals surface area contributed by atoms with Gasteiger partial charge in [-0.2, -0.15) is 0 Å². The van der Waals surface area contributed by atoms with Gasteiger partial charge in [-0.3, -0.25) is 0 Å². The zero-order valence-electron chi connectivity index (χ0n) is 32.4. The van der Waals surface area contributed by atoms with Crippen molar-refractivity contribution in [1.82, 2.24) is 0 Å². The molecule has 0 aliphatic carbocycles. The summed E-state index contributed by atoms with van der Waals surface area (Å²) in [5.41, 5.74) is 9.27. The Hall–Kier alpha value is -7.41. The lowest BCUT2D eigenvalue weighted by molar-refractivity contribution is -0.130. The number of nitrogens with zero attached hydrogens (tertiary/aromatic N) is 2. The van der Waals surface area contributed by atoms with E-state index in [0.717, 1.165) is 66.8 Å². The van der Waals surface area contributed by atoms with Crippen LogP contribution in [0.4, 0.5) is 34.1 Å². The van der Waals surface area contributed by atoms with Crippen molar-refractivity contribution in [1.29, 1.82) is 0 Å². The molecule has 6 nitrogen and oxygen atoms in total. The summed E-state index contributed by atoms with van der Waals surface area (Å²) < 4.78 is 11.1. The number of anilines is 6. The van der Waals surface area contributed by atoms with Crippen molar-refractivity contribution in [2.75, 3.05) is 9.80 Å². The predicted molar refractivity (Wildman–Crippen MR) is 238 cm³/mol. The summed E-state index contributed by atoms with van der Waals surface area (Å²) >= 11 is 0. The van der Waals surface area contributed by atoms with Crippen LogP contribution in [0.15, 0.2) is 206 Å². The number of carbonyl (C=O) groups excluding carboxylic acids is 1. The molecule has 284 valence electrons. The number of rotatable bonds is 12. The van der Waals surface area contributed by atoms with Crippen molar-refractivity contribution in [2.24, 2.45) is 0 Å². The fourth-order valence-electron chi connectivity index (χ4n) is 6.92. The maximum Gasteiger partial charge on any atom is 0.338 e. The van der Waals surface area contributed by atoms with Gasteiger partial charge in [0.15, 0.2) is 0 Å². The van der Waals surface area contributed by atoms with Gasteiger partial charge in [-0.25, -0.2) is 4.79 Å². The van der Waals surface area contributed by atoms with E-state index in [4.69, 9.17) is 9.47 Å². The second kappa shape index (κ2) is 16.4. The van der Waals surface area contributed by atoms with Gasteiger partial charge in [0.05, 0.1) is 0 Å². The highest BCUT2D eigenvalue weighted by Crippen LogP contribution is 2.40. The number of hydrogen-bond acceptors (Lipinski definition) is 6. The lowest BCUT2D eigenvalue weighted by atomic mass is 10.0. The van der Waals surface area contributed by atoms with Crippen molar-refractivity contribution < 1.29 is 19.4 Å². The molecule has 0 saturated carbocycles. The molecule has 8 aromatic rings. The third-order valence-corrected chi connectivity index (χ3v) is 9.95. The molecule has 0 bridgehead atoms. The number of aliphatic hydroxyl groups excluding tert-OH is 1. The number of ether oxygens (including phenoxy) is 2. The van der Waals surface area contributed by atoms with Crippen molar-refractivity contribution in [3.8, 4) is 22.6 Å². The molecule has 0 saturated heterocycles. The molecule has 1 N–H and O–H groups in total. The van der Waals surface area contributed by atoms with Crippen LogP contribution >= 0.6 is 0 Å². The minimum Gasteiger partial charge on any atom is -0.461 e. The molecule has 8 aromatic carbocycles. The van der Waals surface area contributed by atoms with Crippen LogP contribution in [0.25, 0.3) is 32.7 Å². The molecule has 0 amide bonds. The van der Waals surface area contributed by atoms with Crippen LogP contribution in [-0.4, -0.2) is 17.4 Å². The Morgan fingerprint density at radius 3 is 1.31 bits per heavy atom. The molecule has 6 heteroatoms. The zero-order valence-corrected chi connectivity index (χ0v) is 32.4. The highest BCUT2D eigenvalue weighted by molar-refractivity contribution is 5.93. The average Bonchev–Trinajstić information content (AvgIpc) is 3.25. The monoisotopic (exact) mass is 758 g/mol. The lowest BCUT2D eigenvalue weighted by Gasteiger charge is -2.26. The van der Waals surface area contributed by atoms with Gasteiger partial charge in [-0.15, -0.1) is 0 Å². The number of esters is 1. The minimum absolute atomic E-state index is 0.355. The molecule has 8 rings (SSSR count). The summed E-state index contributed by atoms with van der Waals surface area (Å²) in [6.45, 7) is 10.8. The second-order valence-electron chi connectivity index (χ2n) is 14.3. The van der Waals surface area contributed by atoms with E-state index in [1.54, 1.807) is 13.8 Å². The minimum atomic E-state index is -1.05. The van der Waals surface area contributed by atoms with Gasteiger partial charge in [0.25, 0.3) is 0 Å². The van der Waals surface area contributed by atoms with E-state index in [-0.39, 0.29) is 0 Å². The molecular weight excluding hydrogens is 717 g/mol. The fourth-order valence-corrected chi connectivity index (χ4v) is 6.92. The quantitative estimate of drug-likeness (QED) is 0.0440. The van der Waals surface area contributed by atoms with Crippen LogP contribution in [0, 0.1) is 0 Å². The standard InChI is InChI=1S/C52H42N2O4/c1-35(2)51(55)57-49-29-21-39-31-47(27-19-41(39)33-49)53(43-11-7-5-8-12-43)45-23-15-37(16-24-45)38-17-25-46(26-18-38)54(44-13-9-6-10-14-44)48-28-20-42-34-50(30-22-40(42)32-48)58-52(56)36(3)4/h5-34,51,55H,1,3H2,2,4H3. The first-order chi connectivity index (χ1) is 28.2. The Bertz CT molecular complexity index is 2760. The van der Waals surface area contributed by atoms with Gasteiger partial charge in [0, 0.05) is 39.7 Å². The van der Waals surface area contributed by atoms with Gasteiger partial charge in [-0.05, 0) is 149 Å². The predicted octanol–water partition coefficient (Wildman–Crippen LogP) is 13.4. The first-order valence-electron chi connectivity index (χ1n) is 19.1. The van der Waals surface area contributed by atoms with Crippen LogP contribution < -0.4 is 19.3 Å². The second-order valence-corrected chi connectivity index (χ2v) is 14.3. The first kappa shape index (κ1) is 37.5. The van der Waals surface area contributed by atoms with E-state index >= 15 is 0 Å². The van der Waals surface area contributed by atoms with Crippen molar-refractivity contribution in [2.45, 2.75) is 20.1 Å². The highest BCUT2D eigenvalue weighted by atomic mass is 16.6. The SMILES string of the molecule is C=C(C)C(=O)Oc1ccc2cc(N(c3ccccc3)c3ccc(-c4ccc(N(c5ccccc5)c5ccc6cc(OC(O)C(=C)C)ccc6c5)cc4)cc3)ccc2c1. The van der Waals surface area contributed by atoms with Gasteiger partial charge < -0.3 is 24.4 Å².